The van der Waals surface area contributed by atoms with Crippen LogP contribution in [-0.2, 0) is 9.59 Å². The van der Waals surface area contributed by atoms with Gasteiger partial charge in [-0.3, -0.25) is 9.59 Å². The van der Waals surface area contributed by atoms with Crippen LogP contribution in [0.1, 0.15) is 6.92 Å². The normalized spacial score (nSPS) is 11.7. The van der Waals surface area contributed by atoms with Crippen LogP contribution >= 0.6 is 11.6 Å². The first kappa shape index (κ1) is 23.0. The highest BCUT2D eigenvalue weighted by Crippen LogP contribution is 2.40. The van der Waals surface area contributed by atoms with Gasteiger partial charge in [0.15, 0.2) is 11.5 Å². The molecule has 0 aliphatic heterocycles. The van der Waals surface area contributed by atoms with Crippen molar-refractivity contribution in [2.45, 2.75) is 13.0 Å². The van der Waals surface area contributed by atoms with Gasteiger partial charge in [-0.2, -0.15) is 5.11 Å². The van der Waals surface area contributed by atoms with E-state index in [0.29, 0.717) is 23.0 Å². The Morgan fingerprint density at radius 2 is 1.43 bits per heavy atom. The van der Waals surface area contributed by atoms with E-state index in [1.165, 1.54) is 35.4 Å². The molecule has 2 aromatic rings. The summed E-state index contributed by atoms with van der Waals surface area (Å²) in [7, 11) is 5.77. The monoisotopic (exact) mass is 435 g/mol. The molecule has 160 valence electrons. The van der Waals surface area contributed by atoms with Crippen LogP contribution in [0.25, 0.3) is 0 Å². The first-order chi connectivity index (χ1) is 14.4. The number of nitrogens with zero attached hydrogens (tertiary/aromatic N) is 2. The molecule has 0 aliphatic carbocycles. The molecular formula is C20H22ClN3O6. The molecule has 1 amide bonds. The van der Waals surface area contributed by atoms with Gasteiger partial charge in [-0.15, -0.1) is 5.11 Å². The summed E-state index contributed by atoms with van der Waals surface area (Å²) in [6.45, 7) is 1.23. The molecule has 0 bridgehead atoms. The predicted molar refractivity (Wildman–Crippen MR) is 112 cm³/mol. The lowest BCUT2D eigenvalue weighted by atomic mass is 10.2. The van der Waals surface area contributed by atoms with Crippen LogP contribution in [0.15, 0.2) is 40.6 Å². The first-order valence-corrected chi connectivity index (χ1v) is 9.09. The summed E-state index contributed by atoms with van der Waals surface area (Å²) < 4.78 is 20.9. The SMILES string of the molecule is COc1ccc(OC)c(NC(=O)C(N=Nc2c(OC)cccc2OC)C(C)=O)c1Cl. The van der Waals surface area contributed by atoms with Crippen LogP contribution in [0.5, 0.6) is 23.0 Å². The Balaban J connectivity index is 2.38. The number of halogens is 1. The van der Waals surface area contributed by atoms with Crippen LogP contribution in [-0.4, -0.2) is 46.2 Å². The van der Waals surface area contributed by atoms with E-state index in [1.807, 2.05) is 0 Å². The fourth-order valence-corrected chi connectivity index (χ4v) is 2.82. The molecule has 0 saturated carbocycles. The average Bonchev–Trinajstić information content (AvgIpc) is 2.74. The summed E-state index contributed by atoms with van der Waals surface area (Å²) in [5.74, 6) is 0.0978. The number of Topliss-reactive ketones (excluding diaryl/α,β-unsaturated/α-hetero) is 1. The Hall–Kier alpha value is -3.33. The Morgan fingerprint density at radius 1 is 0.900 bits per heavy atom. The highest BCUT2D eigenvalue weighted by atomic mass is 35.5. The first-order valence-electron chi connectivity index (χ1n) is 8.71. The third kappa shape index (κ3) is 4.98. The van der Waals surface area contributed by atoms with Crippen molar-refractivity contribution >= 4 is 34.7 Å². The molecule has 0 saturated heterocycles. The summed E-state index contributed by atoms with van der Waals surface area (Å²) in [5.41, 5.74) is 0.401. The van der Waals surface area contributed by atoms with Crippen LogP contribution in [0.2, 0.25) is 5.02 Å². The molecule has 1 atom stereocenters. The molecule has 0 aliphatic rings. The van der Waals surface area contributed by atoms with E-state index < -0.39 is 17.7 Å². The number of carbonyl (C=O) groups is 2. The molecule has 0 radical (unpaired) electrons. The number of azo groups is 1. The second kappa shape index (κ2) is 10.4. The van der Waals surface area contributed by atoms with Gasteiger partial charge in [0.2, 0.25) is 6.04 Å². The number of anilines is 1. The van der Waals surface area contributed by atoms with Gasteiger partial charge in [0.1, 0.15) is 33.7 Å². The maximum Gasteiger partial charge on any atom is 0.258 e. The van der Waals surface area contributed by atoms with Crippen molar-refractivity contribution in [2.75, 3.05) is 33.8 Å². The highest BCUT2D eigenvalue weighted by molar-refractivity contribution is 6.35. The van der Waals surface area contributed by atoms with E-state index in [1.54, 1.807) is 30.3 Å². The second-order valence-electron chi connectivity index (χ2n) is 5.89. The molecule has 1 N–H and O–H groups in total. The second-order valence-corrected chi connectivity index (χ2v) is 6.27. The summed E-state index contributed by atoms with van der Waals surface area (Å²) in [4.78, 5) is 24.9. The van der Waals surface area contributed by atoms with Crippen molar-refractivity contribution in [1.29, 1.82) is 0 Å². The standard InChI is InChI=1S/C20H22ClN3O6/c1-11(25)17(23-24-18-13(28-3)7-6-8-14(18)29-4)20(26)22-19-15(30-5)10-9-12(27-2)16(19)21/h6-10,17H,1-5H3,(H,22,26). The number of rotatable bonds is 9. The van der Waals surface area contributed by atoms with E-state index >= 15 is 0 Å². The number of benzene rings is 2. The molecule has 0 aromatic heterocycles. The molecule has 0 fully saturated rings. The fourth-order valence-electron chi connectivity index (χ4n) is 2.54. The number of hydrogen-bond acceptors (Lipinski definition) is 8. The minimum absolute atomic E-state index is 0.121. The van der Waals surface area contributed by atoms with E-state index in [4.69, 9.17) is 30.5 Å². The lowest BCUT2D eigenvalue weighted by molar-refractivity contribution is -0.126. The third-order valence-electron chi connectivity index (χ3n) is 4.06. The molecule has 2 aromatic carbocycles. The zero-order valence-corrected chi connectivity index (χ0v) is 17.9. The van der Waals surface area contributed by atoms with Gasteiger partial charge >= 0.3 is 0 Å². The lowest BCUT2D eigenvalue weighted by Crippen LogP contribution is -2.32. The lowest BCUT2D eigenvalue weighted by Gasteiger charge is -2.16. The number of carbonyl (C=O) groups excluding carboxylic acids is 2. The minimum atomic E-state index is -1.44. The van der Waals surface area contributed by atoms with Crippen molar-refractivity contribution in [3.63, 3.8) is 0 Å². The molecular weight excluding hydrogens is 414 g/mol. The molecule has 0 heterocycles. The number of ketones is 1. The van der Waals surface area contributed by atoms with Gasteiger partial charge < -0.3 is 24.3 Å². The van der Waals surface area contributed by atoms with E-state index in [0.717, 1.165) is 0 Å². The zero-order valence-electron chi connectivity index (χ0n) is 17.2. The van der Waals surface area contributed by atoms with Gasteiger partial charge in [0, 0.05) is 0 Å². The zero-order chi connectivity index (χ0) is 22.3. The molecule has 1 unspecified atom stereocenters. The maximum absolute atomic E-state index is 12.8. The van der Waals surface area contributed by atoms with E-state index in [9.17, 15) is 9.59 Å². The summed E-state index contributed by atoms with van der Waals surface area (Å²) in [5, 5.41) is 10.6. The van der Waals surface area contributed by atoms with Gasteiger partial charge in [-0.05, 0) is 31.2 Å². The molecule has 30 heavy (non-hydrogen) atoms. The number of ether oxygens (including phenoxy) is 4. The minimum Gasteiger partial charge on any atom is -0.495 e. The van der Waals surface area contributed by atoms with Crippen molar-refractivity contribution in [1.82, 2.24) is 0 Å². The Labute approximate surface area is 178 Å². The predicted octanol–water partition coefficient (Wildman–Crippen LogP) is 4.05. The quantitative estimate of drug-likeness (QED) is 0.470. The van der Waals surface area contributed by atoms with Crippen molar-refractivity contribution in [3.8, 4) is 23.0 Å². The molecule has 10 heteroatoms. The number of methoxy groups -OCH3 is 4. The summed E-state index contributed by atoms with van der Waals surface area (Å²) in [6, 6.07) is 6.74. The van der Waals surface area contributed by atoms with Gasteiger partial charge in [-0.1, -0.05) is 17.7 Å². The fraction of sp³-hybridized carbons (Fsp3) is 0.300. The Morgan fingerprint density at radius 3 is 1.93 bits per heavy atom. The van der Waals surface area contributed by atoms with Crippen molar-refractivity contribution < 1.29 is 28.5 Å². The highest BCUT2D eigenvalue weighted by Gasteiger charge is 2.26. The number of nitrogens with one attached hydrogen (secondary N) is 1. The number of hydrogen-bond donors (Lipinski definition) is 1. The van der Waals surface area contributed by atoms with Gasteiger partial charge in [0.05, 0.1) is 28.4 Å². The summed E-state index contributed by atoms with van der Waals surface area (Å²) in [6.07, 6.45) is 0. The van der Waals surface area contributed by atoms with Crippen LogP contribution < -0.4 is 24.3 Å². The summed E-state index contributed by atoms with van der Waals surface area (Å²) >= 11 is 6.28. The van der Waals surface area contributed by atoms with Gasteiger partial charge in [0.25, 0.3) is 5.91 Å². The smallest absolute Gasteiger partial charge is 0.258 e. The molecule has 0 spiro atoms. The topological polar surface area (TPSA) is 108 Å². The van der Waals surface area contributed by atoms with Crippen LogP contribution in [0.3, 0.4) is 0 Å². The van der Waals surface area contributed by atoms with E-state index in [2.05, 4.69) is 15.5 Å². The van der Waals surface area contributed by atoms with E-state index in [-0.39, 0.29) is 16.4 Å². The van der Waals surface area contributed by atoms with Crippen molar-refractivity contribution in [2.24, 2.45) is 10.2 Å². The maximum atomic E-state index is 12.8. The largest absolute Gasteiger partial charge is 0.495 e. The Kier molecular flexibility index (Phi) is 7.99. The third-order valence-corrected chi connectivity index (χ3v) is 4.44. The number of amides is 1. The van der Waals surface area contributed by atoms with Crippen molar-refractivity contribution in [3.05, 3.63) is 35.4 Å². The Bertz CT molecular complexity index is 942. The van der Waals surface area contributed by atoms with Crippen LogP contribution in [0.4, 0.5) is 11.4 Å². The van der Waals surface area contributed by atoms with Gasteiger partial charge in [-0.25, -0.2) is 0 Å². The molecule has 2 rings (SSSR count). The molecule has 9 nitrogen and oxygen atoms in total. The van der Waals surface area contributed by atoms with Crippen LogP contribution in [0, 0.1) is 0 Å². The average molecular weight is 436 g/mol.